The van der Waals surface area contributed by atoms with E-state index >= 15 is 0 Å². The lowest BCUT2D eigenvalue weighted by molar-refractivity contribution is -0.0165. The van der Waals surface area contributed by atoms with Crippen LogP contribution in [0.4, 0.5) is 0 Å². The number of hydrogen-bond acceptors (Lipinski definition) is 4. The molecule has 0 saturated carbocycles. The maximum absolute atomic E-state index is 6.00. The third-order valence-electron chi connectivity index (χ3n) is 6.09. The quantitative estimate of drug-likeness (QED) is 0.509. The standard InChI is InChI=1S/C23H38ClN5O/c1-4-25-23(26-15-18(2)29-13-14-30-17-19(29)3)27-22-9-11-28(12-10-22)16-20-5-7-21(24)8-6-20/h5-8,18-19,22H,4,9-17H2,1-3H3,(H2,25,26,27). The largest absolute Gasteiger partial charge is 0.379 e. The van der Waals surface area contributed by atoms with E-state index in [4.69, 9.17) is 21.3 Å². The number of aliphatic imine (C=N–C) groups is 1. The Balaban J connectivity index is 1.45. The first-order valence-corrected chi connectivity index (χ1v) is 11.8. The van der Waals surface area contributed by atoms with Gasteiger partial charge in [0.1, 0.15) is 0 Å². The zero-order valence-electron chi connectivity index (χ0n) is 18.7. The van der Waals surface area contributed by atoms with Crippen LogP contribution in [0, 0.1) is 0 Å². The fourth-order valence-electron chi connectivity index (χ4n) is 4.32. The van der Waals surface area contributed by atoms with Crippen LogP contribution in [0.15, 0.2) is 29.3 Å². The molecule has 0 amide bonds. The van der Waals surface area contributed by atoms with Gasteiger partial charge in [0.05, 0.1) is 19.8 Å². The summed E-state index contributed by atoms with van der Waals surface area (Å²) in [5, 5.41) is 7.90. The molecule has 0 bridgehead atoms. The highest BCUT2D eigenvalue weighted by Gasteiger charge is 2.24. The van der Waals surface area contributed by atoms with Crippen LogP contribution in [-0.4, -0.2) is 79.8 Å². The summed E-state index contributed by atoms with van der Waals surface area (Å²) in [5.41, 5.74) is 1.33. The summed E-state index contributed by atoms with van der Waals surface area (Å²) in [5.74, 6) is 0.946. The van der Waals surface area contributed by atoms with Crippen LogP contribution in [0.5, 0.6) is 0 Å². The number of morpholine rings is 1. The lowest BCUT2D eigenvalue weighted by Crippen LogP contribution is -2.51. The summed E-state index contributed by atoms with van der Waals surface area (Å²) >= 11 is 6.00. The molecule has 2 aliphatic rings. The van der Waals surface area contributed by atoms with E-state index in [0.717, 1.165) is 76.3 Å². The summed E-state index contributed by atoms with van der Waals surface area (Å²) < 4.78 is 5.57. The average molecular weight is 436 g/mol. The van der Waals surface area contributed by atoms with Gasteiger partial charge in [0.15, 0.2) is 5.96 Å². The number of benzene rings is 1. The smallest absolute Gasteiger partial charge is 0.191 e. The molecule has 30 heavy (non-hydrogen) atoms. The predicted molar refractivity (Wildman–Crippen MR) is 125 cm³/mol. The maximum atomic E-state index is 6.00. The molecule has 0 radical (unpaired) electrons. The second kappa shape index (κ2) is 11.9. The molecule has 0 aliphatic carbocycles. The van der Waals surface area contributed by atoms with Crippen LogP contribution in [0.2, 0.25) is 5.02 Å². The number of nitrogens with zero attached hydrogens (tertiary/aromatic N) is 3. The second-order valence-electron chi connectivity index (χ2n) is 8.55. The normalized spacial score (nSPS) is 23.3. The van der Waals surface area contributed by atoms with Crippen LogP contribution in [0.25, 0.3) is 0 Å². The predicted octanol–water partition coefficient (Wildman–Crippen LogP) is 2.97. The van der Waals surface area contributed by atoms with Gasteiger partial charge in [-0.15, -0.1) is 0 Å². The van der Waals surface area contributed by atoms with Gasteiger partial charge in [-0.3, -0.25) is 14.8 Å². The van der Waals surface area contributed by atoms with Crippen LogP contribution >= 0.6 is 11.6 Å². The number of hydrogen-bond donors (Lipinski definition) is 2. The number of guanidine groups is 1. The van der Waals surface area contributed by atoms with E-state index in [1.807, 2.05) is 12.1 Å². The molecule has 1 aromatic carbocycles. The van der Waals surface area contributed by atoms with E-state index in [1.165, 1.54) is 5.56 Å². The lowest BCUT2D eigenvalue weighted by Gasteiger charge is -2.37. The number of halogens is 1. The van der Waals surface area contributed by atoms with Crippen LogP contribution in [-0.2, 0) is 11.3 Å². The molecule has 2 unspecified atom stereocenters. The average Bonchev–Trinajstić information content (AvgIpc) is 2.75. The van der Waals surface area contributed by atoms with Gasteiger partial charge in [0.25, 0.3) is 0 Å². The summed E-state index contributed by atoms with van der Waals surface area (Å²) in [4.78, 5) is 9.92. The van der Waals surface area contributed by atoms with E-state index in [2.05, 4.69) is 53.3 Å². The first-order valence-electron chi connectivity index (χ1n) is 11.4. The van der Waals surface area contributed by atoms with E-state index in [-0.39, 0.29) is 0 Å². The third kappa shape index (κ3) is 7.12. The second-order valence-corrected chi connectivity index (χ2v) is 8.99. The highest BCUT2D eigenvalue weighted by molar-refractivity contribution is 6.30. The van der Waals surface area contributed by atoms with Crippen molar-refractivity contribution < 1.29 is 4.74 Å². The van der Waals surface area contributed by atoms with Gasteiger partial charge in [0, 0.05) is 55.9 Å². The van der Waals surface area contributed by atoms with Crippen molar-refractivity contribution in [2.24, 2.45) is 4.99 Å². The van der Waals surface area contributed by atoms with Crippen molar-refractivity contribution in [1.82, 2.24) is 20.4 Å². The first-order chi connectivity index (χ1) is 14.5. The SMILES string of the molecule is CCNC(=NCC(C)N1CCOCC1C)NC1CCN(Cc2ccc(Cl)cc2)CC1. The number of ether oxygens (including phenoxy) is 1. The monoisotopic (exact) mass is 435 g/mol. The molecule has 1 aromatic rings. The van der Waals surface area contributed by atoms with E-state index in [0.29, 0.717) is 18.1 Å². The minimum atomic E-state index is 0.417. The summed E-state index contributed by atoms with van der Waals surface area (Å²) in [6.07, 6.45) is 2.27. The number of nitrogens with one attached hydrogen (secondary N) is 2. The van der Waals surface area contributed by atoms with E-state index in [1.54, 1.807) is 0 Å². The van der Waals surface area contributed by atoms with Crippen molar-refractivity contribution in [3.05, 3.63) is 34.9 Å². The Morgan fingerprint density at radius 2 is 1.97 bits per heavy atom. The van der Waals surface area contributed by atoms with Crippen LogP contribution in [0.1, 0.15) is 39.2 Å². The molecule has 2 N–H and O–H groups in total. The third-order valence-corrected chi connectivity index (χ3v) is 6.34. The lowest BCUT2D eigenvalue weighted by atomic mass is 10.0. The summed E-state index contributed by atoms with van der Waals surface area (Å²) in [6.45, 7) is 14.1. The molecule has 2 heterocycles. The Morgan fingerprint density at radius 1 is 1.23 bits per heavy atom. The summed E-state index contributed by atoms with van der Waals surface area (Å²) in [7, 11) is 0. The molecule has 2 fully saturated rings. The molecule has 2 atom stereocenters. The van der Waals surface area contributed by atoms with Crippen molar-refractivity contribution in [1.29, 1.82) is 0 Å². The van der Waals surface area contributed by atoms with Crippen molar-refractivity contribution in [2.75, 3.05) is 45.9 Å². The van der Waals surface area contributed by atoms with Gasteiger partial charge in [0.2, 0.25) is 0 Å². The summed E-state index contributed by atoms with van der Waals surface area (Å²) in [6, 6.07) is 9.55. The minimum absolute atomic E-state index is 0.417. The van der Waals surface area contributed by atoms with Gasteiger partial charge in [-0.05, 0) is 51.3 Å². The van der Waals surface area contributed by atoms with Crippen molar-refractivity contribution >= 4 is 17.6 Å². The Morgan fingerprint density at radius 3 is 2.63 bits per heavy atom. The number of piperidine rings is 1. The minimum Gasteiger partial charge on any atom is -0.379 e. The Bertz CT molecular complexity index is 660. The number of likely N-dealkylation sites (tertiary alicyclic amines) is 1. The fraction of sp³-hybridized carbons (Fsp3) is 0.696. The zero-order valence-corrected chi connectivity index (χ0v) is 19.5. The van der Waals surface area contributed by atoms with E-state index < -0.39 is 0 Å². The van der Waals surface area contributed by atoms with Crippen LogP contribution < -0.4 is 10.6 Å². The fourth-order valence-corrected chi connectivity index (χ4v) is 4.45. The van der Waals surface area contributed by atoms with Gasteiger partial charge >= 0.3 is 0 Å². The molecule has 2 saturated heterocycles. The Kier molecular flexibility index (Phi) is 9.25. The molecule has 0 spiro atoms. The molecule has 3 rings (SSSR count). The molecule has 168 valence electrons. The number of rotatable bonds is 7. The molecular formula is C23H38ClN5O. The van der Waals surface area contributed by atoms with Crippen molar-refractivity contribution in [2.45, 2.75) is 58.3 Å². The highest BCUT2D eigenvalue weighted by atomic mass is 35.5. The topological polar surface area (TPSA) is 52.1 Å². The van der Waals surface area contributed by atoms with Gasteiger partial charge in [-0.1, -0.05) is 23.7 Å². The Labute approximate surface area is 187 Å². The maximum Gasteiger partial charge on any atom is 0.191 e. The highest BCUT2D eigenvalue weighted by Crippen LogP contribution is 2.16. The Hall–Kier alpha value is -1.34. The first kappa shape index (κ1) is 23.3. The molecule has 6 nitrogen and oxygen atoms in total. The van der Waals surface area contributed by atoms with Crippen molar-refractivity contribution in [3.8, 4) is 0 Å². The van der Waals surface area contributed by atoms with Crippen LogP contribution in [0.3, 0.4) is 0 Å². The van der Waals surface area contributed by atoms with Gasteiger partial charge in [-0.25, -0.2) is 0 Å². The van der Waals surface area contributed by atoms with E-state index in [9.17, 15) is 0 Å². The molecular weight excluding hydrogens is 398 g/mol. The molecule has 7 heteroatoms. The van der Waals surface area contributed by atoms with Crippen molar-refractivity contribution in [3.63, 3.8) is 0 Å². The zero-order chi connectivity index (χ0) is 21.3. The molecule has 2 aliphatic heterocycles. The van der Waals surface area contributed by atoms with Gasteiger partial charge in [-0.2, -0.15) is 0 Å². The molecule has 0 aromatic heterocycles. The van der Waals surface area contributed by atoms with Gasteiger partial charge < -0.3 is 15.4 Å².